The minimum atomic E-state index is -1.07. The number of ether oxygens (including phenoxy) is 2. The van der Waals surface area contributed by atoms with E-state index in [9.17, 15) is 4.79 Å². The number of halogens is 3. The van der Waals surface area contributed by atoms with Crippen LogP contribution in [-0.2, 0) is 9.53 Å². The fourth-order valence-corrected chi connectivity index (χ4v) is 1.58. The fourth-order valence-electron chi connectivity index (χ4n) is 1.00. The Labute approximate surface area is 113 Å². The van der Waals surface area contributed by atoms with Gasteiger partial charge in [-0.2, -0.15) is 0 Å². The first-order valence-electron chi connectivity index (χ1n) is 4.49. The third kappa shape index (κ3) is 3.72. The predicted octanol–water partition coefficient (Wildman–Crippen LogP) is 2.56. The van der Waals surface area contributed by atoms with Crippen LogP contribution in [0.15, 0.2) is 12.1 Å². The summed E-state index contributed by atoms with van der Waals surface area (Å²) in [5.41, 5.74) is 0. The van der Waals surface area contributed by atoms with Crippen molar-refractivity contribution >= 4 is 40.8 Å². The molecule has 0 saturated carbocycles. The second-order valence-electron chi connectivity index (χ2n) is 3.02. The van der Waals surface area contributed by atoms with Crippen LogP contribution in [0.2, 0.25) is 15.1 Å². The van der Waals surface area contributed by atoms with Crippen molar-refractivity contribution in [3.63, 3.8) is 0 Å². The number of aliphatic hydroxyl groups is 1. The average molecular weight is 300 g/mol. The van der Waals surface area contributed by atoms with Crippen molar-refractivity contribution in [1.29, 1.82) is 0 Å². The van der Waals surface area contributed by atoms with Gasteiger partial charge < -0.3 is 14.6 Å². The number of benzene rings is 1. The lowest BCUT2D eigenvalue weighted by atomic mass is 10.3. The molecule has 0 bridgehead atoms. The molecule has 1 N–H and O–H groups in total. The van der Waals surface area contributed by atoms with Crippen LogP contribution in [0.4, 0.5) is 0 Å². The van der Waals surface area contributed by atoms with E-state index in [1.165, 1.54) is 19.2 Å². The molecule has 1 aromatic rings. The highest BCUT2D eigenvalue weighted by Gasteiger charge is 2.20. The normalized spacial score (nSPS) is 12.3. The molecule has 0 aromatic heterocycles. The molecule has 1 rings (SSSR count). The van der Waals surface area contributed by atoms with Crippen molar-refractivity contribution in [2.75, 3.05) is 13.7 Å². The summed E-state index contributed by atoms with van der Waals surface area (Å²) >= 11 is 17.3. The monoisotopic (exact) mass is 298 g/mol. The minimum Gasteiger partial charge on any atom is -0.423 e. The molecule has 7 heteroatoms. The quantitative estimate of drug-likeness (QED) is 0.527. The molecule has 1 atom stereocenters. The average Bonchev–Trinajstić information content (AvgIpc) is 2.27. The Bertz CT molecular complexity index is 418. The van der Waals surface area contributed by atoms with Crippen LogP contribution in [0, 0.1) is 0 Å². The van der Waals surface area contributed by atoms with Gasteiger partial charge in [0.15, 0.2) is 11.9 Å². The number of carbonyl (C=O) groups is 1. The molecule has 0 aliphatic carbocycles. The Morgan fingerprint density at radius 2 is 1.88 bits per heavy atom. The molecule has 17 heavy (non-hydrogen) atoms. The molecule has 0 heterocycles. The van der Waals surface area contributed by atoms with Gasteiger partial charge in [0.25, 0.3) is 0 Å². The maximum Gasteiger partial charge on any atom is 0.343 e. The topological polar surface area (TPSA) is 55.8 Å². The molecule has 1 aromatic carbocycles. The number of rotatable bonds is 4. The van der Waals surface area contributed by atoms with E-state index in [2.05, 4.69) is 0 Å². The van der Waals surface area contributed by atoms with E-state index >= 15 is 0 Å². The second-order valence-corrected chi connectivity index (χ2v) is 4.25. The molecular weight excluding hydrogens is 290 g/mol. The molecule has 0 amide bonds. The second kappa shape index (κ2) is 6.42. The molecule has 0 aliphatic heterocycles. The summed E-state index contributed by atoms with van der Waals surface area (Å²) in [7, 11) is 1.28. The van der Waals surface area contributed by atoms with Gasteiger partial charge in [-0.15, -0.1) is 0 Å². The third-order valence-electron chi connectivity index (χ3n) is 1.90. The van der Waals surface area contributed by atoms with E-state index < -0.39 is 18.7 Å². The highest BCUT2D eigenvalue weighted by atomic mass is 35.5. The van der Waals surface area contributed by atoms with Crippen LogP contribution in [0.5, 0.6) is 5.75 Å². The smallest absolute Gasteiger partial charge is 0.343 e. The van der Waals surface area contributed by atoms with Crippen LogP contribution in [0.25, 0.3) is 0 Å². The molecule has 0 fully saturated rings. The van der Waals surface area contributed by atoms with Gasteiger partial charge in [0.2, 0.25) is 0 Å². The zero-order valence-electron chi connectivity index (χ0n) is 8.75. The van der Waals surface area contributed by atoms with Crippen molar-refractivity contribution in [1.82, 2.24) is 0 Å². The number of methoxy groups -OCH3 is 1. The van der Waals surface area contributed by atoms with Crippen molar-refractivity contribution in [3.05, 3.63) is 27.2 Å². The lowest BCUT2D eigenvalue weighted by Gasteiger charge is -2.12. The van der Waals surface area contributed by atoms with Gasteiger partial charge in [-0.25, -0.2) is 4.79 Å². The Morgan fingerprint density at radius 1 is 1.29 bits per heavy atom. The van der Waals surface area contributed by atoms with Crippen LogP contribution >= 0.6 is 34.8 Å². The van der Waals surface area contributed by atoms with E-state index in [0.717, 1.165) is 0 Å². The Hall–Kier alpha value is -0.520. The molecule has 0 saturated heterocycles. The minimum absolute atomic E-state index is 0.0570. The summed E-state index contributed by atoms with van der Waals surface area (Å²) in [6.07, 6.45) is -1.07. The first kappa shape index (κ1) is 14.5. The Morgan fingerprint density at radius 3 is 2.41 bits per heavy atom. The van der Waals surface area contributed by atoms with E-state index in [-0.39, 0.29) is 20.8 Å². The predicted molar refractivity (Wildman–Crippen MR) is 65.0 cm³/mol. The van der Waals surface area contributed by atoms with Gasteiger partial charge in [-0.3, -0.25) is 0 Å². The van der Waals surface area contributed by atoms with Crippen molar-refractivity contribution in [2.45, 2.75) is 6.10 Å². The largest absolute Gasteiger partial charge is 0.423 e. The first-order valence-corrected chi connectivity index (χ1v) is 5.63. The summed E-state index contributed by atoms with van der Waals surface area (Å²) in [4.78, 5) is 11.5. The van der Waals surface area contributed by atoms with Crippen LogP contribution in [0.1, 0.15) is 0 Å². The van der Waals surface area contributed by atoms with Gasteiger partial charge in [-0.05, 0) is 6.07 Å². The van der Waals surface area contributed by atoms with Crippen LogP contribution in [-0.4, -0.2) is 30.9 Å². The number of hydrogen-bond donors (Lipinski definition) is 1. The lowest BCUT2D eigenvalue weighted by molar-refractivity contribution is -0.147. The Balaban J connectivity index is 2.88. The number of esters is 1. The van der Waals surface area contributed by atoms with E-state index in [1.54, 1.807) is 0 Å². The highest BCUT2D eigenvalue weighted by molar-refractivity contribution is 6.43. The van der Waals surface area contributed by atoms with Gasteiger partial charge in [-0.1, -0.05) is 34.8 Å². The summed E-state index contributed by atoms with van der Waals surface area (Å²) in [5.74, 6) is -0.711. The molecule has 0 spiro atoms. The van der Waals surface area contributed by atoms with Crippen molar-refractivity contribution < 1.29 is 19.4 Å². The fraction of sp³-hybridized carbons (Fsp3) is 0.300. The lowest BCUT2D eigenvalue weighted by Crippen LogP contribution is -2.31. The van der Waals surface area contributed by atoms with E-state index in [1.807, 2.05) is 0 Å². The molecule has 1 unspecified atom stereocenters. The molecule has 0 radical (unpaired) electrons. The van der Waals surface area contributed by atoms with Gasteiger partial charge >= 0.3 is 5.97 Å². The van der Waals surface area contributed by atoms with Crippen LogP contribution in [0.3, 0.4) is 0 Å². The summed E-state index contributed by atoms with van der Waals surface area (Å²) < 4.78 is 9.63. The van der Waals surface area contributed by atoms with E-state index in [4.69, 9.17) is 49.4 Å². The molecule has 0 aliphatic rings. The standard InChI is InChI=1S/C10H9Cl3O4/c1-16-9(4-14)10(15)17-8-3-6(12)5(11)2-7(8)13/h2-3,9,14H,4H2,1H3. The molecular formula is C10H9Cl3O4. The van der Waals surface area contributed by atoms with Gasteiger partial charge in [0.05, 0.1) is 21.7 Å². The highest BCUT2D eigenvalue weighted by Crippen LogP contribution is 2.34. The van der Waals surface area contributed by atoms with Crippen LogP contribution < -0.4 is 4.74 Å². The zero-order chi connectivity index (χ0) is 13.0. The SMILES string of the molecule is COC(CO)C(=O)Oc1cc(Cl)c(Cl)cc1Cl. The van der Waals surface area contributed by atoms with Gasteiger partial charge in [0, 0.05) is 13.2 Å². The third-order valence-corrected chi connectivity index (χ3v) is 2.92. The van der Waals surface area contributed by atoms with Crippen molar-refractivity contribution in [3.8, 4) is 5.75 Å². The zero-order valence-corrected chi connectivity index (χ0v) is 11.0. The molecule has 4 nitrogen and oxygen atoms in total. The van der Waals surface area contributed by atoms with E-state index in [0.29, 0.717) is 0 Å². The summed E-state index contributed by atoms with van der Waals surface area (Å²) in [5, 5.41) is 9.43. The summed E-state index contributed by atoms with van der Waals surface area (Å²) in [6, 6.07) is 2.67. The maximum absolute atomic E-state index is 11.5. The number of carbonyl (C=O) groups excluding carboxylic acids is 1. The first-order chi connectivity index (χ1) is 7.99. The van der Waals surface area contributed by atoms with Crippen molar-refractivity contribution in [2.24, 2.45) is 0 Å². The number of hydrogen-bond acceptors (Lipinski definition) is 4. The van der Waals surface area contributed by atoms with Gasteiger partial charge in [0.1, 0.15) is 0 Å². The Kier molecular flexibility index (Phi) is 5.49. The number of aliphatic hydroxyl groups excluding tert-OH is 1. The summed E-state index contributed by atoms with van der Waals surface area (Å²) in [6.45, 7) is -0.492. The maximum atomic E-state index is 11.5. The molecule has 94 valence electrons.